The molecule has 20 heavy (non-hydrogen) atoms. The highest BCUT2D eigenvalue weighted by molar-refractivity contribution is 5.70. The molecule has 0 bridgehead atoms. The standard InChI is InChI=1S/C15H21NO4/c1-15(2,3)20-14(18)9-10-16(12-17)19-11-13-7-5-4-6-8-13/h4-8,12H,9-11H2,1-3H3. The molecule has 0 saturated carbocycles. The summed E-state index contributed by atoms with van der Waals surface area (Å²) in [6.45, 7) is 5.86. The van der Waals surface area contributed by atoms with Gasteiger partial charge in [-0.1, -0.05) is 30.3 Å². The van der Waals surface area contributed by atoms with E-state index in [1.54, 1.807) is 20.8 Å². The Morgan fingerprint density at radius 3 is 2.45 bits per heavy atom. The lowest BCUT2D eigenvalue weighted by molar-refractivity contribution is -0.181. The molecule has 1 rings (SSSR count). The largest absolute Gasteiger partial charge is 0.460 e. The van der Waals surface area contributed by atoms with E-state index in [1.807, 2.05) is 30.3 Å². The molecular weight excluding hydrogens is 258 g/mol. The third-order valence-electron chi connectivity index (χ3n) is 2.31. The normalized spacial score (nSPS) is 10.9. The van der Waals surface area contributed by atoms with E-state index in [9.17, 15) is 9.59 Å². The van der Waals surface area contributed by atoms with Gasteiger partial charge in [0.25, 0.3) is 0 Å². The van der Waals surface area contributed by atoms with E-state index in [0.29, 0.717) is 6.41 Å². The van der Waals surface area contributed by atoms with E-state index < -0.39 is 5.60 Å². The molecule has 5 heteroatoms. The van der Waals surface area contributed by atoms with Crippen LogP contribution in [0.1, 0.15) is 32.8 Å². The summed E-state index contributed by atoms with van der Waals surface area (Å²) in [5.41, 5.74) is 0.435. The maximum absolute atomic E-state index is 11.5. The van der Waals surface area contributed by atoms with Gasteiger partial charge in [0.05, 0.1) is 13.0 Å². The Labute approximate surface area is 119 Å². The minimum Gasteiger partial charge on any atom is -0.460 e. The highest BCUT2D eigenvalue weighted by Crippen LogP contribution is 2.09. The van der Waals surface area contributed by atoms with Crippen molar-refractivity contribution in [3.05, 3.63) is 35.9 Å². The zero-order valence-corrected chi connectivity index (χ0v) is 12.2. The fraction of sp³-hybridized carbons (Fsp3) is 0.467. The van der Waals surface area contributed by atoms with Crippen LogP contribution in [0.3, 0.4) is 0 Å². The molecule has 0 saturated heterocycles. The highest BCUT2D eigenvalue weighted by Gasteiger charge is 2.17. The van der Waals surface area contributed by atoms with Crippen LogP contribution in [0.2, 0.25) is 0 Å². The van der Waals surface area contributed by atoms with Crippen LogP contribution in [0, 0.1) is 0 Å². The number of carbonyl (C=O) groups excluding carboxylic acids is 2. The molecule has 5 nitrogen and oxygen atoms in total. The molecule has 0 atom stereocenters. The summed E-state index contributed by atoms with van der Waals surface area (Å²) in [6, 6.07) is 9.49. The first-order valence-electron chi connectivity index (χ1n) is 6.51. The smallest absolute Gasteiger partial charge is 0.308 e. The van der Waals surface area contributed by atoms with Gasteiger partial charge in [-0.05, 0) is 26.3 Å². The van der Waals surface area contributed by atoms with Gasteiger partial charge >= 0.3 is 5.97 Å². The van der Waals surface area contributed by atoms with Crippen LogP contribution < -0.4 is 0 Å². The Bertz CT molecular complexity index is 425. The molecule has 0 heterocycles. The Morgan fingerprint density at radius 1 is 1.25 bits per heavy atom. The lowest BCUT2D eigenvalue weighted by atomic mass is 10.2. The summed E-state index contributed by atoms with van der Waals surface area (Å²) in [4.78, 5) is 27.7. The average Bonchev–Trinajstić information content (AvgIpc) is 2.38. The Kier molecular flexibility index (Phi) is 6.18. The van der Waals surface area contributed by atoms with E-state index in [2.05, 4.69) is 0 Å². The first-order valence-corrected chi connectivity index (χ1v) is 6.51. The lowest BCUT2D eigenvalue weighted by Gasteiger charge is -2.21. The van der Waals surface area contributed by atoms with E-state index in [-0.39, 0.29) is 25.5 Å². The average molecular weight is 279 g/mol. The molecule has 0 unspecified atom stereocenters. The summed E-state index contributed by atoms with van der Waals surface area (Å²) >= 11 is 0. The van der Waals surface area contributed by atoms with Crippen LogP contribution in [0.5, 0.6) is 0 Å². The van der Waals surface area contributed by atoms with E-state index >= 15 is 0 Å². The summed E-state index contributed by atoms with van der Waals surface area (Å²) in [7, 11) is 0. The maximum Gasteiger partial charge on any atom is 0.308 e. The van der Waals surface area contributed by atoms with Crippen molar-refractivity contribution < 1.29 is 19.2 Å². The third-order valence-corrected chi connectivity index (χ3v) is 2.31. The van der Waals surface area contributed by atoms with Crippen molar-refractivity contribution in [1.29, 1.82) is 0 Å². The van der Waals surface area contributed by atoms with Crippen LogP contribution in [0.25, 0.3) is 0 Å². The Balaban J connectivity index is 2.33. The summed E-state index contributed by atoms with van der Waals surface area (Å²) < 4.78 is 5.16. The van der Waals surface area contributed by atoms with Gasteiger partial charge in [-0.15, -0.1) is 0 Å². The number of ether oxygens (including phenoxy) is 1. The second-order valence-corrected chi connectivity index (χ2v) is 5.34. The number of hydrogen-bond acceptors (Lipinski definition) is 4. The number of esters is 1. The molecule has 0 fully saturated rings. The van der Waals surface area contributed by atoms with Crippen LogP contribution >= 0.6 is 0 Å². The minimum atomic E-state index is -0.520. The van der Waals surface area contributed by atoms with Crippen molar-refractivity contribution >= 4 is 12.4 Å². The molecule has 110 valence electrons. The highest BCUT2D eigenvalue weighted by atomic mass is 16.7. The third kappa shape index (κ3) is 6.89. The van der Waals surface area contributed by atoms with Crippen molar-refractivity contribution in [2.75, 3.05) is 6.54 Å². The molecule has 0 radical (unpaired) electrons. The van der Waals surface area contributed by atoms with Gasteiger partial charge in [0.1, 0.15) is 12.2 Å². The number of hydrogen-bond donors (Lipinski definition) is 0. The van der Waals surface area contributed by atoms with E-state index in [1.165, 1.54) is 0 Å². The molecule has 0 aliphatic carbocycles. The van der Waals surface area contributed by atoms with Crippen molar-refractivity contribution in [3.63, 3.8) is 0 Å². The summed E-state index contributed by atoms with van der Waals surface area (Å²) in [5.74, 6) is -0.354. The minimum absolute atomic E-state index is 0.102. The topological polar surface area (TPSA) is 55.8 Å². The SMILES string of the molecule is CC(C)(C)OC(=O)CCN(C=O)OCc1ccccc1. The van der Waals surface area contributed by atoms with Gasteiger partial charge in [-0.3, -0.25) is 14.4 Å². The van der Waals surface area contributed by atoms with Crippen molar-refractivity contribution in [2.45, 2.75) is 39.4 Å². The van der Waals surface area contributed by atoms with Crippen LogP contribution in [-0.4, -0.2) is 29.6 Å². The number of hydroxylamine groups is 2. The summed E-state index contributed by atoms with van der Waals surface area (Å²) in [5, 5.41) is 1.11. The Hall–Kier alpha value is -1.88. The number of rotatable bonds is 7. The van der Waals surface area contributed by atoms with Crippen molar-refractivity contribution in [3.8, 4) is 0 Å². The molecule has 0 spiro atoms. The molecule has 0 aliphatic rings. The monoisotopic (exact) mass is 279 g/mol. The fourth-order valence-electron chi connectivity index (χ4n) is 1.47. The van der Waals surface area contributed by atoms with Gasteiger partial charge in [0.2, 0.25) is 6.41 Å². The van der Waals surface area contributed by atoms with Gasteiger partial charge in [0.15, 0.2) is 0 Å². The number of amides is 1. The molecule has 0 N–H and O–H groups in total. The zero-order valence-electron chi connectivity index (χ0n) is 12.2. The van der Waals surface area contributed by atoms with Gasteiger partial charge in [0, 0.05) is 0 Å². The number of nitrogens with zero attached hydrogens (tertiary/aromatic N) is 1. The van der Waals surface area contributed by atoms with Gasteiger partial charge in [-0.2, -0.15) is 0 Å². The number of carbonyl (C=O) groups is 2. The van der Waals surface area contributed by atoms with E-state index in [4.69, 9.17) is 9.57 Å². The molecule has 0 aliphatic heterocycles. The van der Waals surface area contributed by atoms with Crippen molar-refractivity contribution in [2.24, 2.45) is 0 Å². The van der Waals surface area contributed by atoms with Crippen molar-refractivity contribution in [1.82, 2.24) is 5.06 Å². The van der Waals surface area contributed by atoms with E-state index in [0.717, 1.165) is 10.6 Å². The summed E-state index contributed by atoms with van der Waals surface area (Å²) in [6.07, 6.45) is 0.665. The molecule has 1 aromatic carbocycles. The maximum atomic E-state index is 11.5. The van der Waals surface area contributed by atoms with Gasteiger partial charge in [-0.25, -0.2) is 5.06 Å². The van der Waals surface area contributed by atoms with Crippen LogP contribution in [0.4, 0.5) is 0 Å². The fourth-order valence-corrected chi connectivity index (χ4v) is 1.47. The molecular formula is C15H21NO4. The molecule has 0 aromatic heterocycles. The first kappa shape index (κ1) is 16.2. The number of benzene rings is 1. The predicted octanol–water partition coefficient (Wildman–Crippen LogP) is 2.31. The quantitative estimate of drug-likeness (QED) is 0.436. The zero-order chi connectivity index (χ0) is 15.0. The van der Waals surface area contributed by atoms with Crippen LogP contribution in [0.15, 0.2) is 30.3 Å². The van der Waals surface area contributed by atoms with Crippen LogP contribution in [-0.2, 0) is 25.8 Å². The lowest BCUT2D eigenvalue weighted by Crippen LogP contribution is -2.29. The molecule has 1 aromatic rings. The van der Waals surface area contributed by atoms with Gasteiger partial charge < -0.3 is 4.74 Å². The molecule has 1 amide bonds. The Morgan fingerprint density at radius 2 is 1.90 bits per heavy atom. The second-order valence-electron chi connectivity index (χ2n) is 5.34. The predicted molar refractivity (Wildman–Crippen MR) is 74.5 cm³/mol. The first-order chi connectivity index (χ1) is 9.40. The second kappa shape index (κ2) is 7.65.